The van der Waals surface area contributed by atoms with Crippen LogP contribution in [0.2, 0.25) is 0 Å². The number of thioether (sulfide) groups is 1. The predicted molar refractivity (Wildman–Crippen MR) is 45.7 cm³/mol. The molecule has 0 aromatic heterocycles. The Balaban J connectivity index is 3.48. The van der Waals surface area contributed by atoms with Gasteiger partial charge in [0.1, 0.15) is 0 Å². The van der Waals surface area contributed by atoms with Gasteiger partial charge < -0.3 is 0 Å². The highest BCUT2D eigenvalue weighted by Crippen LogP contribution is 2.25. The summed E-state index contributed by atoms with van der Waals surface area (Å²) in [4.78, 5) is 0. The van der Waals surface area contributed by atoms with E-state index in [4.69, 9.17) is 6.42 Å². The van der Waals surface area contributed by atoms with Crippen LogP contribution in [-0.4, -0.2) is 11.0 Å². The van der Waals surface area contributed by atoms with Crippen molar-refractivity contribution in [2.45, 2.75) is 31.4 Å². The molecule has 0 unspecified atom stereocenters. The molecule has 0 N–H and O–H groups in total. The molecule has 0 fully saturated rings. The van der Waals surface area contributed by atoms with E-state index in [1.165, 1.54) is 0 Å². The molecule has 0 amide bonds. The lowest BCUT2D eigenvalue weighted by Gasteiger charge is -2.19. The third kappa shape index (κ3) is 4.42. The summed E-state index contributed by atoms with van der Waals surface area (Å²) < 4.78 is 0.367. The fraction of sp³-hybridized carbons (Fsp3) is 0.750. The second-order valence-corrected chi connectivity index (χ2v) is 4.18. The number of rotatable bonds is 3. The molecule has 9 heavy (non-hydrogen) atoms. The first-order valence-corrected chi connectivity index (χ1v) is 4.33. The van der Waals surface area contributed by atoms with Crippen molar-refractivity contribution in [3.63, 3.8) is 0 Å². The average Bonchev–Trinajstić information content (AvgIpc) is 1.84. The maximum atomic E-state index is 5.13. The molecule has 0 radical (unpaired) electrons. The summed E-state index contributed by atoms with van der Waals surface area (Å²) in [7, 11) is 0. The van der Waals surface area contributed by atoms with Crippen molar-refractivity contribution in [3.05, 3.63) is 0 Å². The van der Waals surface area contributed by atoms with Crippen LogP contribution in [0.1, 0.15) is 26.7 Å². The van der Waals surface area contributed by atoms with E-state index in [9.17, 15) is 0 Å². The van der Waals surface area contributed by atoms with Gasteiger partial charge in [0.15, 0.2) is 0 Å². The quantitative estimate of drug-likeness (QED) is 0.546. The minimum atomic E-state index is 0.367. The van der Waals surface area contributed by atoms with E-state index in [1.807, 2.05) is 11.8 Å². The maximum Gasteiger partial charge on any atom is 0.0110 e. The van der Waals surface area contributed by atoms with Crippen LogP contribution in [0.4, 0.5) is 0 Å². The van der Waals surface area contributed by atoms with Gasteiger partial charge in [-0.2, -0.15) is 11.8 Å². The van der Waals surface area contributed by atoms with Crippen molar-refractivity contribution in [3.8, 4) is 12.3 Å². The Morgan fingerprint density at radius 1 is 1.56 bits per heavy atom. The fourth-order valence-corrected chi connectivity index (χ4v) is 0.781. The van der Waals surface area contributed by atoms with Crippen LogP contribution < -0.4 is 0 Å². The monoisotopic (exact) mass is 142 g/mol. The minimum Gasteiger partial charge on any atom is -0.159 e. The van der Waals surface area contributed by atoms with Crippen LogP contribution in [0.3, 0.4) is 0 Å². The Labute approximate surface area is 62.4 Å². The van der Waals surface area contributed by atoms with Crippen LogP contribution in [0.15, 0.2) is 0 Å². The molecule has 1 heteroatoms. The molecular weight excluding hydrogens is 128 g/mol. The summed E-state index contributed by atoms with van der Waals surface area (Å²) >= 11 is 1.87. The van der Waals surface area contributed by atoms with Gasteiger partial charge in [0.05, 0.1) is 0 Å². The van der Waals surface area contributed by atoms with Crippen LogP contribution in [0.25, 0.3) is 0 Å². The second kappa shape index (κ2) is 3.85. The van der Waals surface area contributed by atoms with Crippen molar-refractivity contribution in [1.82, 2.24) is 0 Å². The molecule has 0 saturated carbocycles. The van der Waals surface area contributed by atoms with E-state index in [0.717, 1.165) is 12.8 Å². The lowest BCUT2D eigenvalue weighted by molar-refractivity contribution is 0.657. The lowest BCUT2D eigenvalue weighted by Crippen LogP contribution is -2.12. The van der Waals surface area contributed by atoms with Gasteiger partial charge >= 0.3 is 0 Å². The highest BCUT2D eigenvalue weighted by atomic mass is 32.2. The summed E-state index contributed by atoms with van der Waals surface area (Å²) in [5, 5.41) is 0. The third-order valence-electron chi connectivity index (χ3n) is 1.42. The van der Waals surface area contributed by atoms with Gasteiger partial charge in [-0.1, -0.05) is 13.8 Å². The molecule has 0 rings (SSSR count). The van der Waals surface area contributed by atoms with E-state index in [0.29, 0.717) is 4.75 Å². The number of terminal acetylenes is 1. The van der Waals surface area contributed by atoms with Gasteiger partial charge in [0.2, 0.25) is 0 Å². The van der Waals surface area contributed by atoms with Crippen molar-refractivity contribution in [2.24, 2.45) is 0 Å². The first kappa shape index (κ1) is 8.91. The normalized spacial score (nSPS) is 10.9. The smallest absolute Gasteiger partial charge is 0.0110 e. The third-order valence-corrected chi connectivity index (χ3v) is 2.73. The molecule has 0 aliphatic rings. The summed E-state index contributed by atoms with van der Waals surface area (Å²) in [6.45, 7) is 4.43. The maximum absolute atomic E-state index is 5.13. The Kier molecular flexibility index (Phi) is 3.81. The standard InChI is InChI=1S/C8H14S/c1-5-6-7-8(2,3)9-4/h1H,6-7H2,2-4H3. The molecule has 0 aliphatic carbocycles. The van der Waals surface area contributed by atoms with Gasteiger partial charge in [0.25, 0.3) is 0 Å². The van der Waals surface area contributed by atoms with Gasteiger partial charge in [0, 0.05) is 11.2 Å². The molecule has 0 aromatic rings. The fourth-order valence-electron chi connectivity index (χ4n) is 0.475. The largest absolute Gasteiger partial charge is 0.159 e. The van der Waals surface area contributed by atoms with Gasteiger partial charge in [-0.05, 0) is 12.7 Å². The molecule has 0 spiro atoms. The minimum absolute atomic E-state index is 0.367. The number of hydrogen-bond acceptors (Lipinski definition) is 1. The Bertz CT molecular complexity index is 108. The molecule has 0 aromatic carbocycles. The van der Waals surface area contributed by atoms with E-state index in [2.05, 4.69) is 26.0 Å². The van der Waals surface area contributed by atoms with Gasteiger partial charge in [-0.15, -0.1) is 12.3 Å². The molecule has 0 saturated heterocycles. The lowest BCUT2D eigenvalue weighted by atomic mass is 10.1. The first-order valence-electron chi connectivity index (χ1n) is 3.11. The molecule has 52 valence electrons. The molecular formula is C8H14S. The average molecular weight is 142 g/mol. The molecule has 0 aliphatic heterocycles. The zero-order valence-electron chi connectivity index (χ0n) is 6.40. The van der Waals surface area contributed by atoms with E-state index in [-0.39, 0.29) is 0 Å². The van der Waals surface area contributed by atoms with Crippen molar-refractivity contribution >= 4 is 11.8 Å². The topological polar surface area (TPSA) is 0 Å². The van der Waals surface area contributed by atoms with Crippen molar-refractivity contribution in [1.29, 1.82) is 0 Å². The summed E-state index contributed by atoms with van der Waals surface area (Å²) in [6, 6.07) is 0. The van der Waals surface area contributed by atoms with E-state index >= 15 is 0 Å². The van der Waals surface area contributed by atoms with Crippen molar-refractivity contribution in [2.75, 3.05) is 6.26 Å². The molecule has 0 bridgehead atoms. The second-order valence-electron chi connectivity index (χ2n) is 2.67. The van der Waals surface area contributed by atoms with Crippen molar-refractivity contribution < 1.29 is 0 Å². The van der Waals surface area contributed by atoms with Crippen LogP contribution in [-0.2, 0) is 0 Å². The van der Waals surface area contributed by atoms with Gasteiger partial charge in [-0.3, -0.25) is 0 Å². The summed E-state index contributed by atoms with van der Waals surface area (Å²) in [6.07, 6.45) is 9.27. The Morgan fingerprint density at radius 3 is 2.44 bits per heavy atom. The summed E-state index contributed by atoms with van der Waals surface area (Å²) in [5.41, 5.74) is 0. The Hall–Kier alpha value is -0.0900. The van der Waals surface area contributed by atoms with E-state index < -0.39 is 0 Å². The zero-order chi connectivity index (χ0) is 7.33. The van der Waals surface area contributed by atoms with Crippen LogP contribution in [0.5, 0.6) is 0 Å². The predicted octanol–water partition coefficient (Wildman–Crippen LogP) is 2.54. The first-order chi connectivity index (χ1) is 4.12. The molecule has 0 atom stereocenters. The molecule has 0 nitrogen and oxygen atoms in total. The van der Waals surface area contributed by atoms with E-state index in [1.54, 1.807) is 0 Å². The zero-order valence-corrected chi connectivity index (χ0v) is 7.22. The van der Waals surface area contributed by atoms with Crippen LogP contribution >= 0.6 is 11.8 Å². The van der Waals surface area contributed by atoms with Crippen LogP contribution in [0, 0.1) is 12.3 Å². The highest BCUT2D eigenvalue weighted by molar-refractivity contribution is 7.99. The highest BCUT2D eigenvalue weighted by Gasteiger charge is 2.13. The van der Waals surface area contributed by atoms with Gasteiger partial charge in [-0.25, -0.2) is 0 Å². The molecule has 0 heterocycles. The number of hydrogen-bond donors (Lipinski definition) is 0. The Morgan fingerprint density at radius 2 is 2.11 bits per heavy atom. The summed E-state index contributed by atoms with van der Waals surface area (Å²) in [5.74, 6) is 2.64. The SMILES string of the molecule is C#CCCC(C)(C)SC.